The van der Waals surface area contributed by atoms with Gasteiger partial charge in [-0.15, -0.1) is 0 Å². The van der Waals surface area contributed by atoms with Gasteiger partial charge in [0.2, 0.25) is 5.91 Å². The Labute approximate surface area is 189 Å². The zero-order valence-electron chi connectivity index (χ0n) is 18.8. The van der Waals surface area contributed by atoms with Crippen LogP contribution in [0.5, 0.6) is 5.75 Å². The van der Waals surface area contributed by atoms with E-state index in [0.717, 1.165) is 44.5 Å². The number of rotatable bonds is 8. The molecule has 1 aliphatic carbocycles. The highest BCUT2D eigenvalue weighted by Crippen LogP contribution is 2.25. The molecule has 0 radical (unpaired) electrons. The van der Waals surface area contributed by atoms with Crippen LogP contribution in [0.1, 0.15) is 61.9 Å². The van der Waals surface area contributed by atoms with E-state index in [1.165, 1.54) is 12.6 Å². The first-order valence-electron chi connectivity index (χ1n) is 11.3. The number of anilines is 2. The summed E-state index contributed by atoms with van der Waals surface area (Å²) in [5, 5.41) is 17.1. The first-order chi connectivity index (χ1) is 15.5. The van der Waals surface area contributed by atoms with Crippen LogP contribution in [0.2, 0.25) is 0 Å². The second-order valence-electron chi connectivity index (χ2n) is 8.02. The van der Waals surface area contributed by atoms with Gasteiger partial charge < -0.3 is 15.3 Å². The number of benzene rings is 2. The summed E-state index contributed by atoms with van der Waals surface area (Å²) in [5.74, 6) is -0.131. The molecule has 0 saturated heterocycles. The summed E-state index contributed by atoms with van der Waals surface area (Å²) < 4.78 is 0. The largest absolute Gasteiger partial charge is 0.507 e. The molecule has 7 heteroatoms. The number of hydrogen-bond acceptors (Lipinski definition) is 5. The van der Waals surface area contributed by atoms with Crippen LogP contribution in [0.3, 0.4) is 0 Å². The number of hydrogen-bond donors (Lipinski definition) is 3. The predicted octanol–water partition coefficient (Wildman–Crippen LogP) is 4.52. The third-order valence-electron chi connectivity index (χ3n) is 5.90. The summed E-state index contributed by atoms with van der Waals surface area (Å²) in [6, 6.07) is 12.1. The Bertz CT molecular complexity index is 946. The number of amides is 2. The van der Waals surface area contributed by atoms with Gasteiger partial charge in [-0.1, -0.05) is 19.3 Å². The second-order valence-corrected chi connectivity index (χ2v) is 8.02. The Hall–Kier alpha value is -3.35. The van der Waals surface area contributed by atoms with Crippen molar-refractivity contribution in [1.29, 1.82) is 0 Å². The first-order valence-corrected chi connectivity index (χ1v) is 11.3. The maximum absolute atomic E-state index is 12.3. The maximum Gasteiger partial charge on any atom is 0.271 e. The molecular weight excluding hydrogens is 404 g/mol. The summed E-state index contributed by atoms with van der Waals surface area (Å²) in [5.41, 5.74) is 5.03. The average molecular weight is 437 g/mol. The molecule has 0 bridgehead atoms. The SMILES string of the molecule is CCN(CC)c1ccc(C=NNC(=O)c2ccc(NC(=O)C3CCCCC3)cc2)c(O)c1. The number of carbonyl (C=O) groups excluding carboxylic acids is 2. The van der Waals surface area contributed by atoms with Gasteiger partial charge in [-0.3, -0.25) is 9.59 Å². The molecule has 0 aliphatic heterocycles. The van der Waals surface area contributed by atoms with Crippen molar-refractivity contribution in [2.75, 3.05) is 23.3 Å². The van der Waals surface area contributed by atoms with Crippen LogP contribution in [-0.4, -0.2) is 36.2 Å². The third-order valence-corrected chi connectivity index (χ3v) is 5.90. The fourth-order valence-corrected chi connectivity index (χ4v) is 3.97. The van der Waals surface area contributed by atoms with Crippen molar-refractivity contribution < 1.29 is 14.7 Å². The highest BCUT2D eigenvalue weighted by Gasteiger charge is 2.21. The molecule has 3 N–H and O–H groups in total. The summed E-state index contributed by atoms with van der Waals surface area (Å²) in [7, 11) is 0. The van der Waals surface area contributed by atoms with E-state index >= 15 is 0 Å². The Kier molecular flexibility index (Phi) is 8.25. The molecule has 0 heterocycles. The molecule has 7 nitrogen and oxygen atoms in total. The fraction of sp³-hybridized carbons (Fsp3) is 0.400. The van der Waals surface area contributed by atoms with E-state index in [2.05, 4.69) is 34.6 Å². The van der Waals surface area contributed by atoms with E-state index in [4.69, 9.17) is 0 Å². The Morgan fingerprint density at radius 1 is 1.06 bits per heavy atom. The highest BCUT2D eigenvalue weighted by atomic mass is 16.3. The second kappa shape index (κ2) is 11.3. The lowest BCUT2D eigenvalue weighted by Gasteiger charge is -2.21. The molecule has 0 unspecified atom stereocenters. The molecule has 1 saturated carbocycles. The quantitative estimate of drug-likeness (QED) is 0.419. The summed E-state index contributed by atoms with van der Waals surface area (Å²) in [4.78, 5) is 26.8. The van der Waals surface area contributed by atoms with E-state index < -0.39 is 0 Å². The van der Waals surface area contributed by atoms with Crippen LogP contribution in [0, 0.1) is 5.92 Å². The first kappa shape index (κ1) is 23.3. The molecule has 3 rings (SSSR count). The molecular formula is C25H32N4O3. The summed E-state index contributed by atoms with van der Waals surface area (Å²) >= 11 is 0. The average Bonchev–Trinajstić information content (AvgIpc) is 2.82. The number of nitrogens with one attached hydrogen (secondary N) is 2. The normalized spacial score (nSPS) is 14.3. The summed E-state index contributed by atoms with van der Waals surface area (Å²) in [6.45, 7) is 5.82. The Morgan fingerprint density at radius 2 is 1.75 bits per heavy atom. The highest BCUT2D eigenvalue weighted by molar-refractivity contribution is 5.97. The standard InChI is InChI=1S/C25H32N4O3/c1-3-29(4-2)22-15-12-20(23(30)16-22)17-26-28-25(32)19-10-13-21(14-11-19)27-24(31)18-8-6-5-7-9-18/h10-18,30H,3-9H2,1-2H3,(H,27,31)(H,28,32). The molecule has 32 heavy (non-hydrogen) atoms. The lowest BCUT2D eigenvalue weighted by Crippen LogP contribution is -2.24. The minimum Gasteiger partial charge on any atom is -0.507 e. The van der Waals surface area contributed by atoms with Crippen molar-refractivity contribution in [1.82, 2.24) is 5.43 Å². The Morgan fingerprint density at radius 3 is 2.38 bits per heavy atom. The van der Waals surface area contributed by atoms with Crippen molar-refractivity contribution in [3.05, 3.63) is 53.6 Å². The van der Waals surface area contributed by atoms with E-state index in [1.54, 1.807) is 36.4 Å². The van der Waals surface area contributed by atoms with Crippen molar-refractivity contribution in [2.45, 2.75) is 46.0 Å². The van der Waals surface area contributed by atoms with E-state index in [1.807, 2.05) is 6.07 Å². The molecule has 1 fully saturated rings. The molecule has 0 aromatic heterocycles. The number of aromatic hydroxyl groups is 1. The van der Waals surface area contributed by atoms with Gasteiger partial charge in [-0.25, -0.2) is 5.43 Å². The molecule has 170 valence electrons. The Balaban J connectivity index is 1.54. The van der Waals surface area contributed by atoms with Crippen molar-refractivity contribution in [3.8, 4) is 5.75 Å². The van der Waals surface area contributed by atoms with E-state index in [-0.39, 0.29) is 23.5 Å². The zero-order chi connectivity index (χ0) is 22.9. The van der Waals surface area contributed by atoms with Crippen molar-refractivity contribution in [3.63, 3.8) is 0 Å². The van der Waals surface area contributed by atoms with Gasteiger partial charge in [-0.05, 0) is 63.1 Å². The van der Waals surface area contributed by atoms with Crippen molar-refractivity contribution >= 4 is 29.4 Å². The number of phenols is 1. The van der Waals surface area contributed by atoms with Gasteiger partial charge in [0, 0.05) is 47.6 Å². The van der Waals surface area contributed by atoms with E-state index in [0.29, 0.717) is 16.8 Å². The van der Waals surface area contributed by atoms with Crippen LogP contribution >= 0.6 is 0 Å². The fourth-order valence-electron chi connectivity index (χ4n) is 3.97. The van der Waals surface area contributed by atoms with Gasteiger partial charge in [0.15, 0.2) is 0 Å². The molecule has 0 atom stereocenters. The van der Waals surface area contributed by atoms with Gasteiger partial charge >= 0.3 is 0 Å². The monoisotopic (exact) mass is 436 g/mol. The zero-order valence-corrected chi connectivity index (χ0v) is 18.8. The van der Waals surface area contributed by atoms with Crippen LogP contribution in [-0.2, 0) is 4.79 Å². The predicted molar refractivity (Wildman–Crippen MR) is 128 cm³/mol. The van der Waals surface area contributed by atoms with Crippen LogP contribution in [0.25, 0.3) is 0 Å². The van der Waals surface area contributed by atoms with Crippen molar-refractivity contribution in [2.24, 2.45) is 11.0 Å². The summed E-state index contributed by atoms with van der Waals surface area (Å²) in [6.07, 6.45) is 6.72. The van der Waals surface area contributed by atoms with Crippen LogP contribution in [0.15, 0.2) is 47.6 Å². The molecule has 2 aromatic rings. The molecule has 1 aliphatic rings. The smallest absolute Gasteiger partial charge is 0.271 e. The number of hydrazone groups is 1. The molecule has 2 amide bonds. The van der Waals surface area contributed by atoms with E-state index in [9.17, 15) is 14.7 Å². The number of phenolic OH excluding ortho intramolecular Hbond substituents is 1. The number of nitrogens with zero attached hydrogens (tertiary/aromatic N) is 2. The lowest BCUT2D eigenvalue weighted by atomic mass is 9.88. The minimum atomic E-state index is -0.370. The van der Waals surface area contributed by atoms with Crippen LogP contribution in [0.4, 0.5) is 11.4 Å². The van der Waals surface area contributed by atoms with Crippen LogP contribution < -0.4 is 15.6 Å². The topological polar surface area (TPSA) is 94.0 Å². The molecule has 2 aromatic carbocycles. The minimum absolute atomic E-state index is 0.0540. The molecule has 0 spiro atoms. The van der Waals surface area contributed by atoms with Gasteiger partial charge in [0.25, 0.3) is 5.91 Å². The van der Waals surface area contributed by atoms with Gasteiger partial charge in [0.05, 0.1) is 6.21 Å². The van der Waals surface area contributed by atoms with Gasteiger partial charge in [-0.2, -0.15) is 5.10 Å². The number of carbonyl (C=O) groups is 2. The maximum atomic E-state index is 12.3. The lowest BCUT2D eigenvalue weighted by molar-refractivity contribution is -0.120. The van der Waals surface area contributed by atoms with Gasteiger partial charge in [0.1, 0.15) is 5.75 Å². The third kappa shape index (κ3) is 6.09.